The van der Waals surface area contributed by atoms with Crippen molar-refractivity contribution < 1.29 is 9.59 Å². The molecule has 0 spiro atoms. The number of benzene rings is 1. The summed E-state index contributed by atoms with van der Waals surface area (Å²) in [5.74, 6) is -0.137. The molecule has 0 bridgehead atoms. The van der Waals surface area contributed by atoms with E-state index in [0.29, 0.717) is 11.5 Å². The second-order valence-electron chi connectivity index (χ2n) is 7.76. The molecule has 1 aromatic carbocycles. The number of amides is 2. The summed E-state index contributed by atoms with van der Waals surface area (Å²) in [7, 11) is 0. The first kappa shape index (κ1) is 20.5. The van der Waals surface area contributed by atoms with Crippen molar-refractivity contribution in [3.63, 3.8) is 0 Å². The maximum Gasteiger partial charge on any atom is 0.249 e. The van der Waals surface area contributed by atoms with Crippen molar-refractivity contribution in [3.05, 3.63) is 60.6 Å². The summed E-state index contributed by atoms with van der Waals surface area (Å²) in [5.41, 5.74) is 9.90. The fraction of sp³-hybridized carbons (Fsp3) is 0.250. The van der Waals surface area contributed by atoms with E-state index in [1.54, 1.807) is 23.4 Å². The van der Waals surface area contributed by atoms with Gasteiger partial charge in [0.05, 0.1) is 0 Å². The highest BCUT2D eigenvalue weighted by atomic mass is 16.2. The van der Waals surface area contributed by atoms with Gasteiger partial charge in [0.1, 0.15) is 5.82 Å². The molecule has 158 valence electrons. The summed E-state index contributed by atoms with van der Waals surface area (Å²) < 4.78 is 0. The number of rotatable bonds is 4. The molecular formula is C24H25N5O2. The smallest absolute Gasteiger partial charge is 0.249 e. The maximum absolute atomic E-state index is 12.3. The summed E-state index contributed by atoms with van der Waals surface area (Å²) in [6.45, 7) is 3.52. The van der Waals surface area contributed by atoms with Crippen LogP contribution in [0.2, 0.25) is 0 Å². The minimum atomic E-state index is -0.399. The molecular weight excluding hydrogens is 390 g/mol. The van der Waals surface area contributed by atoms with Crippen LogP contribution in [0.4, 0.5) is 11.5 Å². The SMILES string of the molecule is Cc1ccncc1-c1cc(N)c2cnc(NC(=O)/C=C\C(=O)N3CCCCC3)cc2c1. The Morgan fingerprint density at radius 3 is 2.68 bits per heavy atom. The van der Waals surface area contributed by atoms with Crippen molar-refractivity contribution in [2.45, 2.75) is 26.2 Å². The second-order valence-corrected chi connectivity index (χ2v) is 7.76. The molecule has 2 aromatic heterocycles. The average molecular weight is 415 g/mol. The van der Waals surface area contributed by atoms with Gasteiger partial charge in [-0.05, 0) is 67.0 Å². The number of likely N-dealkylation sites (tertiary alicyclic amines) is 1. The summed E-state index contributed by atoms with van der Waals surface area (Å²) in [5, 5.41) is 4.38. The van der Waals surface area contributed by atoms with Gasteiger partial charge in [-0.1, -0.05) is 0 Å². The lowest BCUT2D eigenvalue weighted by atomic mass is 9.99. The predicted molar refractivity (Wildman–Crippen MR) is 122 cm³/mol. The molecule has 3 aromatic rings. The molecule has 31 heavy (non-hydrogen) atoms. The fourth-order valence-corrected chi connectivity index (χ4v) is 3.81. The molecule has 3 heterocycles. The second kappa shape index (κ2) is 8.95. The molecule has 4 rings (SSSR count). The highest BCUT2D eigenvalue weighted by Crippen LogP contribution is 2.31. The number of aromatic nitrogens is 2. The van der Waals surface area contributed by atoms with Crippen LogP contribution in [0.5, 0.6) is 0 Å². The lowest BCUT2D eigenvalue weighted by Gasteiger charge is -2.25. The summed E-state index contributed by atoms with van der Waals surface area (Å²) in [4.78, 5) is 34.8. The molecule has 0 unspecified atom stereocenters. The number of nitrogen functional groups attached to an aromatic ring is 1. The van der Waals surface area contributed by atoms with Crippen LogP contribution in [0.1, 0.15) is 24.8 Å². The van der Waals surface area contributed by atoms with E-state index in [4.69, 9.17) is 5.73 Å². The third kappa shape index (κ3) is 4.71. The van der Waals surface area contributed by atoms with Gasteiger partial charge in [0.25, 0.3) is 0 Å². The van der Waals surface area contributed by atoms with Gasteiger partial charge in [0, 0.05) is 60.5 Å². The highest BCUT2D eigenvalue weighted by Gasteiger charge is 2.14. The van der Waals surface area contributed by atoms with Crippen LogP contribution in [0.3, 0.4) is 0 Å². The van der Waals surface area contributed by atoms with Crippen LogP contribution in [-0.4, -0.2) is 39.8 Å². The summed E-state index contributed by atoms with van der Waals surface area (Å²) >= 11 is 0. The molecule has 0 radical (unpaired) electrons. The molecule has 3 N–H and O–H groups in total. The van der Waals surface area contributed by atoms with Crippen molar-refractivity contribution in [2.24, 2.45) is 0 Å². The Bertz CT molecular complexity index is 1170. The van der Waals surface area contributed by atoms with Gasteiger partial charge in [0.15, 0.2) is 0 Å². The highest BCUT2D eigenvalue weighted by molar-refractivity contribution is 6.04. The van der Waals surface area contributed by atoms with Gasteiger partial charge in [-0.15, -0.1) is 0 Å². The van der Waals surface area contributed by atoms with Crippen molar-refractivity contribution in [1.29, 1.82) is 0 Å². The van der Waals surface area contributed by atoms with Gasteiger partial charge >= 0.3 is 0 Å². The Labute approximate surface area is 181 Å². The average Bonchev–Trinajstić information content (AvgIpc) is 2.78. The normalized spacial score (nSPS) is 14.2. The van der Waals surface area contributed by atoms with Crippen LogP contribution < -0.4 is 11.1 Å². The molecule has 7 nitrogen and oxygen atoms in total. The first-order valence-corrected chi connectivity index (χ1v) is 10.4. The molecule has 0 atom stereocenters. The standard InChI is InChI=1S/C24H25N5O2/c1-16-7-8-26-14-19(16)17-11-18-13-22(27-15-20(18)21(25)12-17)28-23(30)5-6-24(31)29-9-3-2-4-10-29/h5-8,11-15H,2-4,9-10,25H2,1H3,(H,27,28,30)/b6-5-. The van der Waals surface area contributed by atoms with E-state index in [9.17, 15) is 9.59 Å². The van der Waals surface area contributed by atoms with E-state index in [2.05, 4.69) is 15.3 Å². The molecule has 1 aliphatic rings. The number of aryl methyl sites for hydroxylation is 1. The largest absolute Gasteiger partial charge is 0.398 e. The van der Waals surface area contributed by atoms with E-state index < -0.39 is 5.91 Å². The van der Waals surface area contributed by atoms with E-state index in [0.717, 1.165) is 59.8 Å². The summed E-state index contributed by atoms with van der Waals surface area (Å²) in [6, 6.07) is 7.63. The van der Waals surface area contributed by atoms with E-state index in [-0.39, 0.29) is 5.91 Å². The van der Waals surface area contributed by atoms with Gasteiger partial charge in [-0.3, -0.25) is 14.6 Å². The van der Waals surface area contributed by atoms with Crippen molar-refractivity contribution >= 4 is 34.1 Å². The first-order chi connectivity index (χ1) is 15.0. The number of hydrogen-bond donors (Lipinski definition) is 2. The van der Waals surface area contributed by atoms with Crippen LogP contribution in [0.15, 0.2) is 55.0 Å². The van der Waals surface area contributed by atoms with Crippen molar-refractivity contribution in [1.82, 2.24) is 14.9 Å². The quantitative estimate of drug-likeness (QED) is 0.500. The number of hydrogen-bond acceptors (Lipinski definition) is 5. The molecule has 0 saturated carbocycles. The first-order valence-electron chi connectivity index (χ1n) is 10.4. The third-order valence-corrected chi connectivity index (χ3v) is 5.52. The lowest BCUT2D eigenvalue weighted by Crippen LogP contribution is -2.34. The Morgan fingerprint density at radius 2 is 1.90 bits per heavy atom. The van der Waals surface area contributed by atoms with Gasteiger partial charge in [-0.25, -0.2) is 4.98 Å². The van der Waals surface area contributed by atoms with E-state index >= 15 is 0 Å². The molecule has 7 heteroatoms. The number of carbonyl (C=O) groups is 2. The van der Waals surface area contributed by atoms with Gasteiger partial charge in [0.2, 0.25) is 11.8 Å². The Kier molecular flexibility index (Phi) is 5.93. The van der Waals surface area contributed by atoms with E-state index in [1.165, 1.54) is 12.2 Å². The zero-order valence-corrected chi connectivity index (χ0v) is 17.5. The molecule has 1 saturated heterocycles. The number of carbonyl (C=O) groups excluding carboxylic acids is 2. The Morgan fingerprint density at radius 1 is 1.10 bits per heavy atom. The van der Waals surface area contributed by atoms with Crippen molar-refractivity contribution in [2.75, 3.05) is 24.1 Å². The fourth-order valence-electron chi connectivity index (χ4n) is 3.81. The zero-order chi connectivity index (χ0) is 21.8. The Balaban J connectivity index is 1.53. The van der Waals surface area contributed by atoms with Crippen LogP contribution in [0, 0.1) is 6.92 Å². The maximum atomic E-state index is 12.3. The molecule has 1 fully saturated rings. The molecule has 2 amide bonds. The van der Waals surface area contributed by atoms with Crippen molar-refractivity contribution in [3.8, 4) is 11.1 Å². The molecule has 1 aliphatic heterocycles. The number of nitrogens with zero attached hydrogens (tertiary/aromatic N) is 3. The minimum absolute atomic E-state index is 0.134. The minimum Gasteiger partial charge on any atom is -0.398 e. The number of fused-ring (bicyclic) bond motifs is 1. The number of anilines is 2. The topological polar surface area (TPSA) is 101 Å². The summed E-state index contributed by atoms with van der Waals surface area (Å²) in [6.07, 6.45) is 11.0. The van der Waals surface area contributed by atoms with Crippen LogP contribution >= 0.6 is 0 Å². The zero-order valence-electron chi connectivity index (χ0n) is 17.5. The number of nitrogens with one attached hydrogen (secondary N) is 1. The lowest BCUT2D eigenvalue weighted by molar-refractivity contribution is -0.127. The van der Waals surface area contributed by atoms with Crippen LogP contribution in [0.25, 0.3) is 21.9 Å². The van der Waals surface area contributed by atoms with Crippen LogP contribution in [-0.2, 0) is 9.59 Å². The number of pyridine rings is 2. The van der Waals surface area contributed by atoms with Gasteiger partial charge < -0.3 is 16.0 Å². The molecule has 0 aliphatic carbocycles. The number of nitrogens with two attached hydrogens (primary N) is 1. The predicted octanol–water partition coefficient (Wildman–Crippen LogP) is 3.69. The van der Waals surface area contributed by atoms with Gasteiger partial charge in [-0.2, -0.15) is 0 Å². The number of piperidine rings is 1. The monoisotopic (exact) mass is 415 g/mol. The third-order valence-electron chi connectivity index (χ3n) is 5.52. The Hall–Kier alpha value is -3.74. The van der Waals surface area contributed by atoms with E-state index in [1.807, 2.05) is 31.3 Å².